The third-order valence-electron chi connectivity index (χ3n) is 4.16. The fourth-order valence-electron chi connectivity index (χ4n) is 2.83. The number of carboxylic acids is 1. The minimum atomic E-state index is -0.692. The van der Waals surface area contributed by atoms with Crippen LogP contribution in [-0.2, 0) is 24.2 Å². The highest BCUT2D eigenvalue weighted by Crippen LogP contribution is 2.22. The van der Waals surface area contributed by atoms with Crippen molar-refractivity contribution >= 4 is 5.97 Å². The molecule has 1 aliphatic rings. The Kier molecular flexibility index (Phi) is 5.60. The summed E-state index contributed by atoms with van der Waals surface area (Å²) in [4.78, 5) is 10.5. The van der Waals surface area contributed by atoms with Gasteiger partial charge in [-0.2, -0.15) is 0 Å². The third-order valence-corrected chi connectivity index (χ3v) is 4.16. The first kappa shape index (κ1) is 15.0. The maximum atomic E-state index is 10.5. The highest BCUT2D eigenvalue weighted by Gasteiger charge is 2.10. The summed E-state index contributed by atoms with van der Waals surface area (Å²) in [6.07, 6.45) is 5.87. The van der Waals surface area contributed by atoms with E-state index < -0.39 is 5.97 Å². The lowest BCUT2D eigenvalue weighted by Crippen LogP contribution is -2.17. The second kappa shape index (κ2) is 7.44. The molecule has 3 heteroatoms. The van der Waals surface area contributed by atoms with Crippen LogP contribution in [0.1, 0.15) is 49.3 Å². The van der Waals surface area contributed by atoms with Crippen molar-refractivity contribution in [2.75, 3.05) is 6.54 Å². The van der Waals surface area contributed by atoms with Crippen LogP contribution in [0.25, 0.3) is 0 Å². The van der Waals surface area contributed by atoms with E-state index in [2.05, 4.69) is 30.4 Å². The molecule has 0 fully saturated rings. The van der Waals surface area contributed by atoms with Gasteiger partial charge in [-0.1, -0.05) is 25.1 Å². The van der Waals surface area contributed by atoms with Crippen LogP contribution < -0.4 is 5.32 Å². The highest BCUT2D eigenvalue weighted by atomic mass is 16.4. The van der Waals surface area contributed by atoms with Crippen molar-refractivity contribution in [3.8, 4) is 0 Å². The van der Waals surface area contributed by atoms with Crippen LogP contribution in [0.2, 0.25) is 0 Å². The SMILES string of the molecule is CC(CCNCc1ccc2c(c1)CCC2)CCC(=O)O. The van der Waals surface area contributed by atoms with E-state index in [1.807, 2.05) is 0 Å². The number of aliphatic carboxylic acids is 1. The van der Waals surface area contributed by atoms with Crippen molar-refractivity contribution in [3.63, 3.8) is 0 Å². The zero-order valence-corrected chi connectivity index (χ0v) is 12.3. The van der Waals surface area contributed by atoms with Gasteiger partial charge in [0.1, 0.15) is 0 Å². The predicted octanol–water partition coefficient (Wildman–Crippen LogP) is 3.16. The molecule has 1 aliphatic carbocycles. The quantitative estimate of drug-likeness (QED) is 0.717. The first-order valence-electron chi connectivity index (χ1n) is 7.68. The lowest BCUT2D eigenvalue weighted by Gasteiger charge is -2.11. The minimum Gasteiger partial charge on any atom is -0.481 e. The van der Waals surface area contributed by atoms with E-state index in [0.29, 0.717) is 5.92 Å². The van der Waals surface area contributed by atoms with E-state index in [9.17, 15) is 4.79 Å². The normalized spacial score (nSPS) is 15.1. The molecular formula is C17H25NO2. The number of nitrogens with one attached hydrogen (secondary N) is 1. The number of carbonyl (C=O) groups is 1. The Balaban J connectivity index is 1.65. The van der Waals surface area contributed by atoms with Crippen molar-refractivity contribution < 1.29 is 9.90 Å². The molecule has 0 amide bonds. The molecule has 0 bridgehead atoms. The molecule has 0 aromatic heterocycles. The molecule has 0 saturated carbocycles. The zero-order chi connectivity index (χ0) is 14.4. The molecule has 1 aromatic carbocycles. The molecule has 2 rings (SSSR count). The van der Waals surface area contributed by atoms with Gasteiger partial charge in [0, 0.05) is 13.0 Å². The standard InChI is InChI=1S/C17H25NO2/c1-13(5-8-17(19)20)9-10-18-12-14-6-7-15-3-2-4-16(15)11-14/h6-7,11,13,18H,2-5,8-10,12H2,1H3,(H,19,20). The van der Waals surface area contributed by atoms with Gasteiger partial charge >= 0.3 is 5.97 Å². The van der Waals surface area contributed by atoms with Crippen molar-refractivity contribution in [3.05, 3.63) is 34.9 Å². The molecule has 0 saturated heterocycles. The van der Waals surface area contributed by atoms with Crippen LogP contribution in [0.15, 0.2) is 18.2 Å². The van der Waals surface area contributed by atoms with E-state index >= 15 is 0 Å². The summed E-state index contributed by atoms with van der Waals surface area (Å²) in [7, 11) is 0. The Morgan fingerprint density at radius 2 is 2.10 bits per heavy atom. The molecular weight excluding hydrogens is 250 g/mol. The van der Waals surface area contributed by atoms with Gasteiger partial charge in [0.25, 0.3) is 0 Å². The second-order valence-electron chi connectivity index (χ2n) is 5.96. The average Bonchev–Trinajstić information content (AvgIpc) is 2.88. The Labute approximate surface area is 121 Å². The molecule has 3 nitrogen and oxygen atoms in total. The van der Waals surface area contributed by atoms with E-state index in [-0.39, 0.29) is 6.42 Å². The molecule has 0 spiro atoms. The predicted molar refractivity (Wildman–Crippen MR) is 80.8 cm³/mol. The Bertz CT molecular complexity index is 456. The van der Waals surface area contributed by atoms with Gasteiger partial charge < -0.3 is 10.4 Å². The summed E-state index contributed by atoms with van der Waals surface area (Å²) in [6, 6.07) is 6.84. The smallest absolute Gasteiger partial charge is 0.303 e. The second-order valence-corrected chi connectivity index (χ2v) is 5.96. The maximum absolute atomic E-state index is 10.5. The van der Waals surface area contributed by atoms with E-state index in [4.69, 9.17) is 5.11 Å². The molecule has 1 unspecified atom stereocenters. The summed E-state index contributed by atoms with van der Waals surface area (Å²) in [5.41, 5.74) is 4.42. The minimum absolute atomic E-state index is 0.284. The third kappa shape index (κ3) is 4.64. The summed E-state index contributed by atoms with van der Waals surface area (Å²) >= 11 is 0. The van der Waals surface area contributed by atoms with Crippen LogP contribution in [0.3, 0.4) is 0 Å². The molecule has 0 radical (unpaired) electrons. The van der Waals surface area contributed by atoms with E-state index in [1.54, 1.807) is 0 Å². The number of benzene rings is 1. The van der Waals surface area contributed by atoms with Gasteiger partial charge in [-0.25, -0.2) is 0 Å². The number of aryl methyl sites for hydroxylation is 2. The zero-order valence-electron chi connectivity index (χ0n) is 12.3. The lowest BCUT2D eigenvalue weighted by molar-refractivity contribution is -0.137. The van der Waals surface area contributed by atoms with Gasteiger partial charge in [0.05, 0.1) is 0 Å². The maximum Gasteiger partial charge on any atom is 0.303 e. The van der Waals surface area contributed by atoms with Crippen LogP contribution in [0, 0.1) is 5.92 Å². The number of fused-ring (bicyclic) bond motifs is 1. The van der Waals surface area contributed by atoms with Gasteiger partial charge in [-0.05, 0) is 61.3 Å². The van der Waals surface area contributed by atoms with Gasteiger partial charge in [-0.3, -0.25) is 4.79 Å². The monoisotopic (exact) mass is 275 g/mol. The topological polar surface area (TPSA) is 49.3 Å². The Morgan fingerprint density at radius 3 is 2.90 bits per heavy atom. The molecule has 110 valence electrons. The fourth-order valence-corrected chi connectivity index (χ4v) is 2.83. The van der Waals surface area contributed by atoms with Crippen LogP contribution >= 0.6 is 0 Å². The molecule has 2 N–H and O–H groups in total. The first-order chi connectivity index (χ1) is 9.65. The lowest BCUT2D eigenvalue weighted by atomic mass is 10.0. The van der Waals surface area contributed by atoms with Gasteiger partial charge in [0.2, 0.25) is 0 Å². The molecule has 1 atom stereocenters. The van der Waals surface area contributed by atoms with Crippen molar-refractivity contribution in [1.29, 1.82) is 0 Å². The average molecular weight is 275 g/mol. The fraction of sp³-hybridized carbons (Fsp3) is 0.588. The van der Waals surface area contributed by atoms with Crippen LogP contribution in [0.5, 0.6) is 0 Å². The van der Waals surface area contributed by atoms with Crippen molar-refractivity contribution in [2.24, 2.45) is 5.92 Å². The number of carboxylic acid groups (broad SMARTS) is 1. The molecule has 1 aromatic rings. The van der Waals surface area contributed by atoms with Gasteiger partial charge in [0.15, 0.2) is 0 Å². The first-order valence-corrected chi connectivity index (χ1v) is 7.68. The van der Waals surface area contributed by atoms with E-state index in [0.717, 1.165) is 25.9 Å². The molecule has 0 heterocycles. The molecule has 0 aliphatic heterocycles. The highest BCUT2D eigenvalue weighted by molar-refractivity contribution is 5.66. The number of hydrogen-bond acceptors (Lipinski definition) is 2. The number of hydrogen-bond donors (Lipinski definition) is 2. The van der Waals surface area contributed by atoms with E-state index in [1.165, 1.54) is 36.0 Å². The molecule has 20 heavy (non-hydrogen) atoms. The van der Waals surface area contributed by atoms with Crippen LogP contribution in [0.4, 0.5) is 0 Å². The van der Waals surface area contributed by atoms with Crippen LogP contribution in [-0.4, -0.2) is 17.6 Å². The summed E-state index contributed by atoms with van der Waals surface area (Å²) in [6.45, 7) is 4.00. The van der Waals surface area contributed by atoms with Crippen molar-refractivity contribution in [2.45, 2.75) is 52.0 Å². The van der Waals surface area contributed by atoms with Crippen molar-refractivity contribution in [1.82, 2.24) is 5.32 Å². The number of rotatable bonds is 8. The Hall–Kier alpha value is -1.35. The van der Waals surface area contributed by atoms with Gasteiger partial charge in [-0.15, -0.1) is 0 Å². The Morgan fingerprint density at radius 1 is 1.30 bits per heavy atom. The summed E-state index contributed by atoms with van der Waals surface area (Å²) in [5, 5.41) is 12.1. The summed E-state index contributed by atoms with van der Waals surface area (Å²) < 4.78 is 0. The summed E-state index contributed by atoms with van der Waals surface area (Å²) in [5.74, 6) is -0.221. The largest absolute Gasteiger partial charge is 0.481 e.